The summed E-state index contributed by atoms with van der Waals surface area (Å²) in [5.74, 6) is -0.0368. The van der Waals surface area contributed by atoms with Crippen molar-refractivity contribution < 1.29 is 17.7 Å². The lowest BCUT2D eigenvalue weighted by molar-refractivity contribution is 0.388. The molecule has 2 rings (SSSR count). The number of nitrogen functional groups attached to an aromatic ring is 2. The molecule has 6 nitrogen and oxygen atoms in total. The van der Waals surface area contributed by atoms with E-state index in [1.54, 1.807) is 0 Å². The molecule has 0 bridgehead atoms. The molecule has 0 aliphatic carbocycles. The summed E-state index contributed by atoms with van der Waals surface area (Å²) in [6.45, 7) is 0. The number of anilines is 2. The molecule has 1 aromatic heterocycles. The van der Waals surface area contributed by atoms with Crippen molar-refractivity contribution in [1.82, 2.24) is 9.97 Å². The Bertz CT molecular complexity index is 775. The number of hydrogen-bond donors (Lipinski definition) is 2. The minimum atomic E-state index is -2.73. The van der Waals surface area contributed by atoms with Crippen LogP contribution in [0.2, 0.25) is 0 Å². The maximum atomic E-state index is 7.25. The summed E-state index contributed by atoms with van der Waals surface area (Å²) in [5.41, 5.74) is 12.2. The van der Waals surface area contributed by atoms with Crippen LogP contribution in [0, 0.1) is 0 Å². The second-order valence-corrected chi connectivity index (χ2v) is 4.72. The normalized spacial score (nSPS) is 16.1. The van der Waals surface area contributed by atoms with Gasteiger partial charge in [-0.15, -0.1) is 0 Å². The molecule has 0 aliphatic rings. The van der Waals surface area contributed by atoms with Crippen LogP contribution >= 0.6 is 15.9 Å². The molecule has 0 radical (unpaired) electrons. The molecule has 0 spiro atoms. The summed E-state index contributed by atoms with van der Waals surface area (Å²) in [4.78, 5) is 7.70. The average Bonchev–Trinajstić information content (AvgIpc) is 2.44. The van der Waals surface area contributed by atoms with Crippen LogP contribution in [0.15, 0.2) is 22.8 Å². The molecule has 0 amide bonds. The third kappa shape index (κ3) is 2.93. The number of hydrogen-bond acceptors (Lipinski definition) is 6. The first-order valence-corrected chi connectivity index (χ1v) is 6.21. The second kappa shape index (κ2) is 5.96. The molecule has 0 saturated carbocycles. The van der Waals surface area contributed by atoms with Gasteiger partial charge in [0.25, 0.3) is 0 Å². The van der Waals surface area contributed by atoms with E-state index >= 15 is 0 Å². The van der Waals surface area contributed by atoms with Crippen LogP contribution in [0.25, 0.3) is 0 Å². The fourth-order valence-electron chi connectivity index (χ4n) is 1.67. The Hall–Kier alpha value is -2.02. The van der Waals surface area contributed by atoms with Gasteiger partial charge in [0.15, 0.2) is 0 Å². The first-order chi connectivity index (χ1) is 11.8. The van der Waals surface area contributed by atoms with Crippen LogP contribution in [-0.4, -0.2) is 24.0 Å². The Labute approximate surface area is 133 Å². The van der Waals surface area contributed by atoms with E-state index in [4.69, 9.17) is 29.2 Å². The lowest BCUT2D eigenvalue weighted by atomic mass is 10.1. The van der Waals surface area contributed by atoms with Crippen LogP contribution in [0.4, 0.5) is 11.8 Å². The smallest absolute Gasteiger partial charge is 0.221 e. The predicted octanol–water partition coefficient (Wildman–Crippen LogP) is 2.01. The molecular weight excluding hydrogens is 324 g/mol. The van der Waals surface area contributed by atoms with Crippen LogP contribution < -0.4 is 20.9 Å². The van der Waals surface area contributed by atoms with Crippen molar-refractivity contribution in [2.24, 2.45) is 0 Å². The molecule has 7 heteroatoms. The molecule has 0 saturated heterocycles. The van der Waals surface area contributed by atoms with Gasteiger partial charge < -0.3 is 20.9 Å². The zero-order chi connectivity index (χ0) is 19.7. The van der Waals surface area contributed by atoms with E-state index in [2.05, 4.69) is 25.9 Å². The van der Waals surface area contributed by atoms with Crippen LogP contribution in [-0.2, 0) is 6.42 Å². The van der Waals surface area contributed by atoms with Crippen molar-refractivity contribution in [3.8, 4) is 11.5 Å². The van der Waals surface area contributed by atoms with E-state index in [1.165, 1.54) is 18.3 Å². The highest BCUT2D eigenvalue weighted by Gasteiger charge is 2.12. The number of rotatable bonds is 4. The van der Waals surface area contributed by atoms with Crippen molar-refractivity contribution in [1.29, 1.82) is 0 Å². The molecule has 20 heavy (non-hydrogen) atoms. The Morgan fingerprint density at radius 1 is 1.25 bits per heavy atom. The summed E-state index contributed by atoms with van der Waals surface area (Å²) < 4.78 is 53.4. The highest BCUT2D eigenvalue weighted by Crippen LogP contribution is 2.36. The lowest BCUT2D eigenvalue weighted by Crippen LogP contribution is -2.04. The van der Waals surface area contributed by atoms with Crippen molar-refractivity contribution in [3.05, 3.63) is 33.9 Å². The van der Waals surface area contributed by atoms with Gasteiger partial charge >= 0.3 is 0 Å². The zero-order valence-corrected chi connectivity index (χ0v) is 11.8. The molecule has 0 unspecified atom stereocenters. The first-order valence-electron chi connectivity index (χ1n) is 8.41. The molecular formula is C13H15BrN4O2. The number of ether oxygens (including phenoxy) is 2. The third-order valence-electron chi connectivity index (χ3n) is 2.60. The average molecular weight is 345 g/mol. The maximum absolute atomic E-state index is 7.25. The van der Waals surface area contributed by atoms with E-state index in [-0.39, 0.29) is 34.2 Å². The van der Waals surface area contributed by atoms with E-state index in [0.29, 0.717) is 11.1 Å². The van der Waals surface area contributed by atoms with Gasteiger partial charge in [-0.05, 0) is 33.6 Å². The van der Waals surface area contributed by atoms with E-state index < -0.39 is 14.1 Å². The predicted molar refractivity (Wildman–Crippen MR) is 80.9 cm³/mol. The summed E-state index contributed by atoms with van der Waals surface area (Å²) in [7, 11) is -5.47. The maximum Gasteiger partial charge on any atom is 0.221 e. The van der Waals surface area contributed by atoms with E-state index in [9.17, 15) is 0 Å². The van der Waals surface area contributed by atoms with Crippen LogP contribution in [0.1, 0.15) is 19.4 Å². The first kappa shape index (κ1) is 8.31. The van der Waals surface area contributed by atoms with Crippen molar-refractivity contribution in [2.45, 2.75) is 6.42 Å². The van der Waals surface area contributed by atoms with Gasteiger partial charge in [-0.1, -0.05) is 0 Å². The zero-order valence-electron chi connectivity index (χ0n) is 16.2. The number of nitrogens with zero attached hydrogens (tertiary/aromatic N) is 2. The molecule has 106 valence electrons. The summed E-state index contributed by atoms with van der Waals surface area (Å²) >= 11 is 3.11. The van der Waals surface area contributed by atoms with Gasteiger partial charge in [0.1, 0.15) is 21.8 Å². The summed E-state index contributed by atoms with van der Waals surface area (Å²) in [5, 5.41) is 0. The molecule has 4 N–H and O–H groups in total. The SMILES string of the molecule is [2H]C([2H])([2H])Oc1cc(Cc2cnc(N)nc2N)cc(OC([2H])([2H])[2H])c1Br. The van der Waals surface area contributed by atoms with Crippen LogP contribution in [0.5, 0.6) is 11.5 Å². The molecule has 0 fully saturated rings. The van der Waals surface area contributed by atoms with Gasteiger partial charge in [-0.2, -0.15) is 4.98 Å². The highest BCUT2D eigenvalue weighted by atomic mass is 79.9. The molecule has 0 aliphatic heterocycles. The van der Waals surface area contributed by atoms with Gasteiger partial charge in [0, 0.05) is 18.2 Å². The monoisotopic (exact) mass is 344 g/mol. The topological polar surface area (TPSA) is 96.3 Å². The van der Waals surface area contributed by atoms with Gasteiger partial charge in [0.2, 0.25) is 5.95 Å². The van der Waals surface area contributed by atoms with Crippen molar-refractivity contribution >= 4 is 27.7 Å². The molecule has 1 heterocycles. The minimum absolute atomic E-state index is 0.0138. The van der Waals surface area contributed by atoms with E-state index in [1.807, 2.05) is 0 Å². The van der Waals surface area contributed by atoms with Gasteiger partial charge in [-0.3, -0.25) is 0 Å². The Kier molecular flexibility index (Phi) is 2.47. The Balaban J connectivity index is 2.47. The molecule has 0 atom stereocenters. The van der Waals surface area contributed by atoms with Gasteiger partial charge in [0.05, 0.1) is 22.3 Å². The number of benzene rings is 1. The fraction of sp³-hybridized carbons (Fsp3) is 0.231. The summed E-state index contributed by atoms with van der Waals surface area (Å²) in [6.07, 6.45) is 1.60. The number of methoxy groups -OCH3 is 2. The Morgan fingerprint density at radius 2 is 1.90 bits per heavy atom. The standard InChI is InChI=1S/C13H15BrN4O2/c1-19-9-4-7(5-10(20-2)11(9)14)3-8-6-17-13(16)18-12(8)15/h4-6H,3H2,1-2H3,(H4,15,16,17,18)/i1D3,2D3. The fourth-order valence-corrected chi connectivity index (χ4v) is 2.06. The largest absolute Gasteiger partial charge is 0.495 e. The second-order valence-electron chi connectivity index (χ2n) is 3.93. The Morgan fingerprint density at radius 3 is 2.45 bits per heavy atom. The van der Waals surface area contributed by atoms with Gasteiger partial charge in [-0.25, -0.2) is 4.98 Å². The number of halogens is 1. The number of nitrogens with two attached hydrogens (primary N) is 2. The quantitative estimate of drug-likeness (QED) is 0.880. The van der Waals surface area contributed by atoms with Crippen molar-refractivity contribution in [2.75, 3.05) is 25.5 Å². The number of aromatic nitrogens is 2. The summed E-state index contributed by atoms with van der Waals surface area (Å²) in [6, 6.07) is 2.86. The molecule has 2 aromatic rings. The van der Waals surface area contributed by atoms with Crippen LogP contribution in [0.3, 0.4) is 0 Å². The molecule has 1 aromatic carbocycles. The van der Waals surface area contributed by atoms with E-state index in [0.717, 1.165) is 0 Å². The minimum Gasteiger partial charge on any atom is -0.495 e. The lowest BCUT2D eigenvalue weighted by Gasteiger charge is -2.12. The highest BCUT2D eigenvalue weighted by molar-refractivity contribution is 9.10. The van der Waals surface area contributed by atoms with Crippen molar-refractivity contribution in [3.63, 3.8) is 0 Å². The third-order valence-corrected chi connectivity index (χ3v) is 3.38.